The lowest BCUT2D eigenvalue weighted by Crippen LogP contribution is -2.49. The Kier molecular flexibility index (Phi) is 3.19. The Bertz CT molecular complexity index is 489. The number of aryl methyl sites for hydroxylation is 1. The average molecular weight is 260 g/mol. The SMILES string of the molecule is Cc1ccc(C(=O)N2CCN(C3CC3)CC2)cc1O. The van der Waals surface area contributed by atoms with Crippen LogP contribution in [0.5, 0.6) is 5.75 Å². The van der Waals surface area contributed by atoms with Crippen LogP contribution in [0.2, 0.25) is 0 Å². The Morgan fingerprint density at radius 2 is 1.89 bits per heavy atom. The van der Waals surface area contributed by atoms with Crippen molar-refractivity contribution in [3.05, 3.63) is 29.3 Å². The van der Waals surface area contributed by atoms with Gasteiger partial charge in [-0.2, -0.15) is 0 Å². The summed E-state index contributed by atoms with van der Waals surface area (Å²) >= 11 is 0. The maximum absolute atomic E-state index is 12.4. The van der Waals surface area contributed by atoms with Gasteiger partial charge in [0.15, 0.2) is 0 Å². The summed E-state index contributed by atoms with van der Waals surface area (Å²) in [6.45, 7) is 5.38. The molecule has 1 aliphatic heterocycles. The molecule has 2 aliphatic rings. The highest BCUT2D eigenvalue weighted by Crippen LogP contribution is 2.27. The van der Waals surface area contributed by atoms with Crippen molar-refractivity contribution in [3.63, 3.8) is 0 Å². The molecule has 1 aromatic rings. The number of carbonyl (C=O) groups is 1. The lowest BCUT2D eigenvalue weighted by atomic mass is 10.1. The van der Waals surface area contributed by atoms with E-state index in [0.29, 0.717) is 5.56 Å². The van der Waals surface area contributed by atoms with E-state index in [1.54, 1.807) is 18.2 Å². The Hall–Kier alpha value is -1.55. The first-order valence-corrected chi connectivity index (χ1v) is 6.98. The summed E-state index contributed by atoms with van der Waals surface area (Å²) in [5.41, 5.74) is 1.39. The largest absolute Gasteiger partial charge is 0.508 e. The second-order valence-electron chi connectivity index (χ2n) is 5.56. The number of rotatable bonds is 2. The minimum absolute atomic E-state index is 0.0331. The predicted octanol–water partition coefficient (Wildman–Crippen LogP) is 1.62. The molecule has 0 spiro atoms. The van der Waals surface area contributed by atoms with E-state index in [4.69, 9.17) is 0 Å². The molecular formula is C15H20N2O2. The first kappa shape index (κ1) is 12.5. The number of phenolic OH excluding ortho intramolecular Hbond substituents is 1. The average Bonchev–Trinajstić information content (AvgIpc) is 3.26. The maximum Gasteiger partial charge on any atom is 0.254 e. The fourth-order valence-electron chi connectivity index (χ4n) is 2.65. The topological polar surface area (TPSA) is 43.8 Å². The van der Waals surface area contributed by atoms with Gasteiger partial charge in [0.05, 0.1) is 0 Å². The lowest BCUT2D eigenvalue weighted by Gasteiger charge is -2.34. The Morgan fingerprint density at radius 1 is 1.21 bits per heavy atom. The van der Waals surface area contributed by atoms with Crippen LogP contribution in [0.15, 0.2) is 18.2 Å². The molecule has 102 valence electrons. The van der Waals surface area contributed by atoms with Gasteiger partial charge in [-0.05, 0) is 37.5 Å². The number of carbonyl (C=O) groups excluding carboxylic acids is 1. The van der Waals surface area contributed by atoms with Crippen LogP contribution in [0.4, 0.5) is 0 Å². The van der Waals surface area contributed by atoms with Gasteiger partial charge in [0.1, 0.15) is 5.75 Å². The molecule has 0 atom stereocenters. The van der Waals surface area contributed by atoms with Crippen molar-refractivity contribution in [2.24, 2.45) is 0 Å². The van der Waals surface area contributed by atoms with Crippen LogP contribution in [0, 0.1) is 6.92 Å². The summed E-state index contributed by atoms with van der Waals surface area (Å²) in [5, 5.41) is 9.69. The normalized spacial score (nSPS) is 20.6. The van der Waals surface area contributed by atoms with Gasteiger partial charge in [-0.15, -0.1) is 0 Å². The van der Waals surface area contributed by atoms with Crippen LogP contribution in [0.1, 0.15) is 28.8 Å². The number of amides is 1. The van der Waals surface area contributed by atoms with Gasteiger partial charge in [0.2, 0.25) is 0 Å². The zero-order valence-electron chi connectivity index (χ0n) is 11.3. The zero-order valence-corrected chi connectivity index (χ0v) is 11.3. The molecule has 4 nitrogen and oxygen atoms in total. The molecule has 1 saturated carbocycles. The molecular weight excluding hydrogens is 240 g/mol. The minimum Gasteiger partial charge on any atom is -0.508 e. The molecule has 1 aliphatic carbocycles. The van der Waals surface area contributed by atoms with Crippen LogP contribution in [0.25, 0.3) is 0 Å². The van der Waals surface area contributed by atoms with E-state index in [9.17, 15) is 9.90 Å². The first-order chi connectivity index (χ1) is 9.15. The van der Waals surface area contributed by atoms with E-state index in [2.05, 4.69) is 4.90 Å². The number of aromatic hydroxyl groups is 1. The van der Waals surface area contributed by atoms with Crippen LogP contribution < -0.4 is 0 Å². The first-order valence-electron chi connectivity index (χ1n) is 6.98. The molecule has 19 heavy (non-hydrogen) atoms. The molecule has 3 rings (SSSR count). The summed E-state index contributed by atoms with van der Waals surface area (Å²) in [5.74, 6) is 0.230. The molecule has 0 aromatic heterocycles. The van der Waals surface area contributed by atoms with E-state index >= 15 is 0 Å². The highest BCUT2D eigenvalue weighted by Gasteiger charge is 2.32. The molecule has 1 N–H and O–H groups in total. The summed E-state index contributed by atoms with van der Waals surface area (Å²) in [6, 6.07) is 5.94. The molecule has 1 saturated heterocycles. The van der Waals surface area contributed by atoms with Crippen LogP contribution in [-0.4, -0.2) is 53.0 Å². The van der Waals surface area contributed by atoms with Crippen molar-refractivity contribution in [2.75, 3.05) is 26.2 Å². The molecule has 2 fully saturated rings. The fourth-order valence-corrected chi connectivity index (χ4v) is 2.65. The van der Waals surface area contributed by atoms with E-state index in [0.717, 1.165) is 37.8 Å². The second kappa shape index (κ2) is 4.85. The molecule has 0 bridgehead atoms. The van der Waals surface area contributed by atoms with Crippen LogP contribution >= 0.6 is 0 Å². The third-order valence-electron chi connectivity index (χ3n) is 4.12. The maximum atomic E-state index is 12.4. The number of hydrogen-bond donors (Lipinski definition) is 1. The third kappa shape index (κ3) is 2.59. The van der Waals surface area contributed by atoms with E-state index in [1.807, 2.05) is 11.8 Å². The van der Waals surface area contributed by atoms with E-state index in [-0.39, 0.29) is 11.7 Å². The lowest BCUT2D eigenvalue weighted by molar-refractivity contribution is 0.0627. The number of piperazine rings is 1. The highest BCUT2D eigenvalue weighted by molar-refractivity contribution is 5.94. The Balaban J connectivity index is 1.65. The zero-order chi connectivity index (χ0) is 13.4. The Labute approximate surface area is 113 Å². The number of benzene rings is 1. The monoisotopic (exact) mass is 260 g/mol. The summed E-state index contributed by atoms with van der Waals surface area (Å²) in [7, 11) is 0. The van der Waals surface area contributed by atoms with Crippen LogP contribution in [-0.2, 0) is 0 Å². The summed E-state index contributed by atoms with van der Waals surface area (Å²) in [4.78, 5) is 16.7. The van der Waals surface area contributed by atoms with Crippen molar-refractivity contribution in [1.82, 2.24) is 9.80 Å². The van der Waals surface area contributed by atoms with Crippen molar-refractivity contribution >= 4 is 5.91 Å². The molecule has 1 heterocycles. The number of phenols is 1. The predicted molar refractivity (Wildman–Crippen MR) is 73.3 cm³/mol. The standard InChI is InChI=1S/C15H20N2O2/c1-11-2-3-12(10-14(11)18)15(19)17-8-6-16(7-9-17)13-4-5-13/h2-3,10,13,18H,4-9H2,1H3. The van der Waals surface area contributed by atoms with Gasteiger partial charge >= 0.3 is 0 Å². The quantitative estimate of drug-likeness (QED) is 0.879. The summed E-state index contributed by atoms with van der Waals surface area (Å²) < 4.78 is 0. The fraction of sp³-hybridized carbons (Fsp3) is 0.533. The van der Waals surface area contributed by atoms with Crippen LogP contribution in [0.3, 0.4) is 0 Å². The smallest absolute Gasteiger partial charge is 0.254 e. The molecule has 0 unspecified atom stereocenters. The number of hydrogen-bond acceptors (Lipinski definition) is 3. The Morgan fingerprint density at radius 3 is 2.47 bits per heavy atom. The van der Waals surface area contributed by atoms with Crippen molar-refractivity contribution in [2.45, 2.75) is 25.8 Å². The molecule has 1 aromatic carbocycles. The van der Waals surface area contributed by atoms with Gasteiger partial charge in [-0.1, -0.05) is 6.07 Å². The van der Waals surface area contributed by atoms with Gasteiger partial charge in [0.25, 0.3) is 5.91 Å². The molecule has 4 heteroatoms. The number of nitrogens with zero attached hydrogens (tertiary/aromatic N) is 2. The van der Waals surface area contributed by atoms with Gasteiger partial charge in [-0.3, -0.25) is 9.69 Å². The van der Waals surface area contributed by atoms with Gasteiger partial charge < -0.3 is 10.0 Å². The molecule has 1 amide bonds. The van der Waals surface area contributed by atoms with Crippen molar-refractivity contribution < 1.29 is 9.90 Å². The van der Waals surface area contributed by atoms with E-state index < -0.39 is 0 Å². The van der Waals surface area contributed by atoms with Crippen molar-refractivity contribution in [1.29, 1.82) is 0 Å². The van der Waals surface area contributed by atoms with Gasteiger partial charge in [-0.25, -0.2) is 0 Å². The summed E-state index contributed by atoms with van der Waals surface area (Å²) in [6.07, 6.45) is 2.64. The van der Waals surface area contributed by atoms with Crippen molar-refractivity contribution in [3.8, 4) is 5.75 Å². The van der Waals surface area contributed by atoms with Gasteiger partial charge in [0, 0.05) is 37.8 Å². The minimum atomic E-state index is 0.0331. The second-order valence-corrected chi connectivity index (χ2v) is 5.56. The van der Waals surface area contributed by atoms with E-state index in [1.165, 1.54) is 12.8 Å². The third-order valence-corrected chi connectivity index (χ3v) is 4.12. The highest BCUT2D eigenvalue weighted by atomic mass is 16.3. The molecule has 0 radical (unpaired) electrons.